The molecule has 0 aromatic heterocycles. The number of ether oxygens (including phenoxy) is 6. The summed E-state index contributed by atoms with van der Waals surface area (Å²) in [6, 6.07) is 40.5. The number of carbonyl (C=O) groups is 1. The van der Waals surface area contributed by atoms with Crippen LogP contribution in [0, 0.1) is 0 Å². The maximum Gasteiger partial charge on any atom is 0.220 e. The topological polar surface area (TPSA) is 103 Å². The van der Waals surface area contributed by atoms with Crippen LogP contribution in [-0.2, 0) is 68.5 Å². The van der Waals surface area contributed by atoms with Gasteiger partial charge in [-0.2, -0.15) is 0 Å². The van der Waals surface area contributed by atoms with Crippen molar-refractivity contribution in [2.45, 2.75) is 405 Å². The van der Waals surface area contributed by atoms with Crippen molar-refractivity contribution in [1.29, 1.82) is 0 Å². The van der Waals surface area contributed by atoms with E-state index in [0.717, 1.165) is 60.8 Å². The van der Waals surface area contributed by atoms with Crippen molar-refractivity contribution >= 4 is 22.5 Å². The van der Waals surface area contributed by atoms with Gasteiger partial charge in [0, 0.05) is 6.42 Å². The van der Waals surface area contributed by atoms with Crippen LogP contribution in [0.25, 0.3) is 0 Å². The fourth-order valence-corrected chi connectivity index (χ4v) is 16.3. The third kappa shape index (κ3) is 37.3. The second-order valence-corrected chi connectivity index (χ2v) is 42.8. The van der Waals surface area contributed by atoms with Gasteiger partial charge in [0.15, 0.2) is 22.9 Å². The van der Waals surface area contributed by atoms with Crippen molar-refractivity contribution in [2.24, 2.45) is 0 Å². The maximum atomic E-state index is 15.1. The van der Waals surface area contributed by atoms with Crippen LogP contribution in [0.4, 0.5) is 0 Å². The molecule has 1 fully saturated rings. The molecular formula is C90H151NO9Si2. The minimum Gasteiger partial charge on any atom is -0.411 e. The molecular weight excluding hydrogens is 1300 g/mol. The highest BCUT2D eigenvalue weighted by atomic mass is 28.4. The Bertz CT molecular complexity index is 2640. The number of nitrogens with one attached hydrogen (secondary N) is 1. The molecule has 1 aliphatic heterocycles. The summed E-state index contributed by atoms with van der Waals surface area (Å²) >= 11 is 0. The Morgan fingerprint density at radius 3 is 1.10 bits per heavy atom. The van der Waals surface area contributed by atoms with E-state index in [1.165, 1.54) is 193 Å². The van der Waals surface area contributed by atoms with Crippen molar-refractivity contribution in [3.8, 4) is 0 Å². The second-order valence-electron chi connectivity index (χ2n) is 33.3. The van der Waals surface area contributed by atoms with E-state index in [9.17, 15) is 0 Å². The molecule has 4 aromatic carbocycles. The first-order valence-corrected chi connectivity index (χ1v) is 47.6. The highest BCUT2D eigenvalue weighted by Gasteiger charge is 2.51. The minimum atomic E-state index is -2.59. The number of carbonyl (C=O) groups excluding carboxylic acids is 1. The molecule has 102 heavy (non-hydrogen) atoms. The van der Waals surface area contributed by atoms with Crippen molar-refractivity contribution in [1.82, 2.24) is 5.32 Å². The summed E-state index contributed by atoms with van der Waals surface area (Å²) in [7, 11) is -5.04. The first-order valence-electron chi connectivity index (χ1n) is 41.8. The lowest BCUT2D eigenvalue weighted by Crippen LogP contribution is -2.63. The number of unbranched alkanes of at least 4 members (excludes halogenated alkanes) is 33. The van der Waals surface area contributed by atoms with Crippen molar-refractivity contribution in [3.05, 3.63) is 144 Å². The summed E-state index contributed by atoms with van der Waals surface area (Å²) in [5.74, 6) is 0.0134. The second kappa shape index (κ2) is 52.5. The monoisotopic (exact) mass is 1450 g/mol. The molecule has 0 spiro atoms. The standard InChI is InChI=1S/C90H151NO9Si2/c1-13-15-17-19-21-23-25-27-28-29-30-31-32-33-34-35-36-37-39-41-43-45-59-69-83(92)91-80(84(100-102(11,12)90(6,7)8)81(99-101(9,10)89(3,4)5)68-58-44-42-40-38-26-24-22-20-18-16-14-2)74-97-88-87(96-73-79-66-56-49-57-67-79)86(95-72-78-64-54-48-55-65-78)85(94-71-77-62-52-47-53-63-77)82(98-88)75-93-70-76-60-50-46-51-61-76/h46-57,60-67,80-82,84-88H,13-45,58-59,68-75H2,1-12H3,(H,91,92). The zero-order valence-electron chi connectivity index (χ0n) is 67.2. The van der Waals surface area contributed by atoms with Crippen LogP contribution in [0.2, 0.25) is 36.3 Å². The number of hydrogen-bond acceptors (Lipinski definition) is 9. The molecule has 1 heterocycles. The Balaban J connectivity index is 1.40. The largest absolute Gasteiger partial charge is 0.411 e. The number of amides is 1. The Labute approximate surface area is 627 Å². The summed E-state index contributed by atoms with van der Waals surface area (Å²) in [6.45, 7) is 29.5. The van der Waals surface area contributed by atoms with E-state index in [-0.39, 0.29) is 41.9 Å². The van der Waals surface area contributed by atoms with Gasteiger partial charge in [0.05, 0.1) is 57.9 Å². The molecule has 8 atom stereocenters. The van der Waals surface area contributed by atoms with Crippen LogP contribution in [0.5, 0.6) is 0 Å². The van der Waals surface area contributed by atoms with E-state index in [2.05, 4.69) is 135 Å². The Hall–Kier alpha value is -3.54. The summed E-state index contributed by atoms with van der Waals surface area (Å²) in [6.07, 6.45) is 42.6. The van der Waals surface area contributed by atoms with Crippen molar-refractivity contribution in [3.63, 3.8) is 0 Å². The lowest BCUT2D eigenvalue weighted by molar-refractivity contribution is -0.329. The number of hydrogen-bond donors (Lipinski definition) is 1. The van der Waals surface area contributed by atoms with Crippen LogP contribution in [0.1, 0.15) is 315 Å². The van der Waals surface area contributed by atoms with Gasteiger partial charge in [-0.15, -0.1) is 0 Å². The van der Waals surface area contributed by atoms with Crippen molar-refractivity contribution in [2.75, 3.05) is 13.2 Å². The van der Waals surface area contributed by atoms with Gasteiger partial charge in [0.25, 0.3) is 0 Å². The lowest BCUT2D eigenvalue weighted by atomic mass is 9.97. The molecule has 1 amide bonds. The van der Waals surface area contributed by atoms with Gasteiger partial charge in [-0.3, -0.25) is 4.79 Å². The van der Waals surface area contributed by atoms with Gasteiger partial charge >= 0.3 is 0 Å². The van der Waals surface area contributed by atoms with E-state index >= 15 is 4.79 Å². The summed E-state index contributed by atoms with van der Waals surface area (Å²) in [5.41, 5.74) is 4.12. The third-order valence-electron chi connectivity index (χ3n) is 22.2. The van der Waals surface area contributed by atoms with E-state index in [1.54, 1.807) is 0 Å². The molecule has 8 unspecified atom stereocenters. The van der Waals surface area contributed by atoms with Gasteiger partial charge < -0.3 is 42.6 Å². The minimum absolute atomic E-state index is 0.0134. The third-order valence-corrected chi connectivity index (χ3v) is 31.2. The Morgan fingerprint density at radius 2 is 0.725 bits per heavy atom. The highest BCUT2D eigenvalue weighted by molar-refractivity contribution is 6.74. The van der Waals surface area contributed by atoms with Crippen LogP contribution in [0.3, 0.4) is 0 Å². The molecule has 578 valence electrons. The molecule has 0 saturated carbocycles. The fourth-order valence-electron chi connectivity index (χ4n) is 13.6. The number of rotatable bonds is 60. The van der Waals surface area contributed by atoms with E-state index < -0.39 is 59.5 Å². The van der Waals surface area contributed by atoms with E-state index in [0.29, 0.717) is 26.2 Å². The molecule has 12 heteroatoms. The van der Waals surface area contributed by atoms with Crippen LogP contribution in [-0.4, -0.2) is 84.7 Å². The van der Waals surface area contributed by atoms with Gasteiger partial charge in [-0.05, 0) is 71.4 Å². The summed E-state index contributed by atoms with van der Waals surface area (Å²) in [4.78, 5) is 15.1. The lowest BCUT2D eigenvalue weighted by Gasteiger charge is -2.48. The zero-order chi connectivity index (χ0) is 73.4. The molecule has 4 aromatic rings. The maximum absolute atomic E-state index is 15.1. The first kappa shape index (κ1) is 89.1. The van der Waals surface area contributed by atoms with Gasteiger partial charge in [0.2, 0.25) is 5.91 Å². The Morgan fingerprint density at radius 1 is 0.402 bits per heavy atom. The van der Waals surface area contributed by atoms with Crippen LogP contribution >= 0.6 is 0 Å². The summed E-state index contributed by atoms with van der Waals surface area (Å²) < 4.78 is 58.7. The molecule has 0 bridgehead atoms. The molecule has 1 aliphatic rings. The first-order chi connectivity index (χ1) is 49.3. The Kier molecular flexibility index (Phi) is 45.8. The van der Waals surface area contributed by atoms with Gasteiger partial charge in [0.1, 0.15) is 24.4 Å². The fraction of sp³-hybridized carbons (Fsp3) is 0.722. The zero-order valence-corrected chi connectivity index (χ0v) is 69.2. The van der Waals surface area contributed by atoms with Crippen LogP contribution < -0.4 is 5.32 Å². The smallest absolute Gasteiger partial charge is 0.220 e. The average molecular weight is 1450 g/mol. The number of benzene rings is 4. The van der Waals surface area contributed by atoms with Gasteiger partial charge in [-0.1, -0.05) is 395 Å². The quantitative estimate of drug-likeness (QED) is 0.0342. The SMILES string of the molecule is CCCCCCCCCCCCCCCCCCCCCCCCCC(=O)NC(COC1OC(COCc2ccccc2)C(OCc2ccccc2)C(OCc2ccccc2)C1OCc1ccccc1)C(O[Si](C)(C)C(C)(C)C)C(CCCCCCCCCCCCCC)O[Si](C)(C)C(C)(C)C. The van der Waals surface area contributed by atoms with Gasteiger partial charge in [-0.25, -0.2) is 0 Å². The normalized spacial score (nSPS) is 17.8. The summed E-state index contributed by atoms with van der Waals surface area (Å²) in [5, 5.41) is 3.46. The molecule has 5 rings (SSSR count). The molecule has 1 saturated heterocycles. The predicted molar refractivity (Wildman–Crippen MR) is 434 cm³/mol. The molecule has 0 radical (unpaired) electrons. The van der Waals surface area contributed by atoms with E-state index in [1.807, 2.05) is 72.8 Å². The highest BCUT2D eigenvalue weighted by Crippen LogP contribution is 2.43. The average Bonchev–Trinajstić information content (AvgIpc) is 0.787. The molecule has 0 aliphatic carbocycles. The van der Waals surface area contributed by atoms with Crippen molar-refractivity contribution < 1.29 is 42.1 Å². The molecule has 10 nitrogen and oxygen atoms in total. The van der Waals surface area contributed by atoms with E-state index in [4.69, 9.17) is 37.3 Å². The molecule has 1 N–H and O–H groups in total. The van der Waals surface area contributed by atoms with Crippen LogP contribution in [0.15, 0.2) is 121 Å². The predicted octanol–water partition coefficient (Wildman–Crippen LogP) is 25.4.